The number of rotatable bonds is 5. The summed E-state index contributed by atoms with van der Waals surface area (Å²) in [7, 11) is 1.60. The summed E-state index contributed by atoms with van der Waals surface area (Å²) in [6, 6.07) is 1.86. The number of ether oxygens (including phenoxy) is 1. The quantitative estimate of drug-likeness (QED) is 0.809. The molecule has 5 nitrogen and oxygen atoms in total. The molecule has 0 saturated carbocycles. The average Bonchev–Trinajstić information content (AvgIpc) is 2.25. The Morgan fingerprint density at radius 2 is 2.18 bits per heavy atom. The third-order valence-electron chi connectivity index (χ3n) is 2.57. The van der Waals surface area contributed by atoms with Crippen molar-refractivity contribution < 1.29 is 4.74 Å². The lowest BCUT2D eigenvalue weighted by Crippen LogP contribution is -2.29. The van der Waals surface area contributed by atoms with Crippen molar-refractivity contribution in [3.05, 3.63) is 27.9 Å². The van der Waals surface area contributed by atoms with Crippen LogP contribution in [0.2, 0.25) is 0 Å². The zero-order valence-corrected chi connectivity index (χ0v) is 11.1. The molecule has 0 spiro atoms. The van der Waals surface area contributed by atoms with E-state index in [9.17, 15) is 4.79 Å². The molecule has 0 aliphatic rings. The van der Waals surface area contributed by atoms with Gasteiger partial charge in [0.1, 0.15) is 11.4 Å². The van der Waals surface area contributed by atoms with Crippen molar-refractivity contribution in [2.75, 3.05) is 7.11 Å². The fraction of sp³-hybridized carbons (Fsp3) is 0.667. The van der Waals surface area contributed by atoms with E-state index in [4.69, 9.17) is 4.74 Å². The largest absolute Gasteiger partial charge is 0.371 e. The first-order valence-corrected chi connectivity index (χ1v) is 5.74. The highest BCUT2D eigenvalue weighted by molar-refractivity contribution is 5.07. The summed E-state index contributed by atoms with van der Waals surface area (Å²) in [6.07, 6.45) is 0. The number of aromatic nitrogens is 2. The van der Waals surface area contributed by atoms with E-state index in [1.54, 1.807) is 7.11 Å². The average molecular weight is 239 g/mol. The summed E-state index contributed by atoms with van der Waals surface area (Å²) < 4.78 is 5.31. The molecule has 1 rings (SSSR count). The first-order valence-electron chi connectivity index (χ1n) is 5.74. The van der Waals surface area contributed by atoms with Gasteiger partial charge in [0.05, 0.1) is 5.69 Å². The van der Waals surface area contributed by atoms with Crippen LogP contribution in [-0.2, 0) is 16.9 Å². The Hall–Kier alpha value is -1.20. The predicted octanol–water partition coefficient (Wildman–Crippen LogP) is 1.15. The number of methoxy groups -OCH3 is 1. The van der Waals surface area contributed by atoms with Gasteiger partial charge >= 0.3 is 0 Å². The first kappa shape index (κ1) is 13.9. The Labute approximate surface area is 102 Å². The Morgan fingerprint density at radius 3 is 2.71 bits per heavy atom. The van der Waals surface area contributed by atoms with E-state index in [0.29, 0.717) is 18.4 Å². The molecule has 5 heteroatoms. The molecule has 0 aromatic carbocycles. The topological polar surface area (TPSA) is 67.0 Å². The van der Waals surface area contributed by atoms with Gasteiger partial charge in [-0.1, -0.05) is 13.8 Å². The van der Waals surface area contributed by atoms with Crippen LogP contribution in [0.5, 0.6) is 0 Å². The van der Waals surface area contributed by atoms with Crippen LogP contribution < -0.4 is 10.9 Å². The maximum Gasteiger partial charge on any atom is 0.251 e. The van der Waals surface area contributed by atoms with Gasteiger partial charge in [0.25, 0.3) is 5.56 Å². The second-order valence-electron chi connectivity index (χ2n) is 4.84. The van der Waals surface area contributed by atoms with Crippen LogP contribution in [0, 0.1) is 0 Å². The molecule has 17 heavy (non-hydrogen) atoms. The van der Waals surface area contributed by atoms with Crippen molar-refractivity contribution in [2.24, 2.45) is 0 Å². The monoisotopic (exact) mass is 239 g/mol. The molecular weight excluding hydrogens is 218 g/mol. The third-order valence-corrected chi connectivity index (χ3v) is 2.57. The van der Waals surface area contributed by atoms with Crippen molar-refractivity contribution in [2.45, 2.75) is 45.9 Å². The smallest absolute Gasteiger partial charge is 0.251 e. The number of aromatic amines is 1. The normalized spacial score (nSPS) is 12.1. The van der Waals surface area contributed by atoms with Gasteiger partial charge in [-0.15, -0.1) is 0 Å². The highest BCUT2D eigenvalue weighted by atomic mass is 16.5. The Kier molecular flexibility index (Phi) is 4.42. The van der Waals surface area contributed by atoms with Crippen LogP contribution in [0.3, 0.4) is 0 Å². The summed E-state index contributed by atoms with van der Waals surface area (Å²) in [4.78, 5) is 18.7. The summed E-state index contributed by atoms with van der Waals surface area (Å²) in [5, 5.41) is 3.23. The molecule has 1 aromatic heterocycles. The molecule has 0 radical (unpaired) electrons. The van der Waals surface area contributed by atoms with Gasteiger partial charge in [0, 0.05) is 25.8 Å². The lowest BCUT2D eigenvalue weighted by molar-refractivity contribution is 0.0110. The zero-order chi connectivity index (χ0) is 13.1. The fourth-order valence-electron chi connectivity index (χ4n) is 1.29. The fourth-order valence-corrected chi connectivity index (χ4v) is 1.29. The second-order valence-corrected chi connectivity index (χ2v) is 4.84. The Balaban J connectivity index is 2.98. The van der Waals surface area contributed by atoms with Gasteiger partial charge in [0.2, 0.25) is 0 Å². The molecule has 0 saturated heterocycles. The van der Waals surface area contributed by atoms with Crippen LogP contribution >= 0.6 is 0 Å². The van der Waals surface area contributed by atoms with Crippen molar-refractivity contribution in [3.63, 3.8) is 0 Å². The molecule has 0 aliphatic heterocycles. The van der Waals surface area contributed by atoms with E-state index >= 15 is 0 Å². The predicted molar refractivity (Wildman–Crippen MR) is 66.9 cm³/mol. The number of nitrogens with one attached hydrogen (secondary N) is 2. The van der Waals surface area contributed by atoms with E-state index in [1.165, 1.54) is 6.07 Å². The molecule has 0 atom stereocenters. The highest BCUT2D eigenvalue weighted by Gasteiger charge is 2.22. The molecule has 0 aliphatic carbocycles. The summed E-state index contributed by atoms with van der Waals surface area (Å²) in [5.74, 6) is 0.549. The third kappa shape index (κ3) is 3.94. The van der Waals surface area contributed by atoms with E-state index in [2.05, 4.69) is 15.3 Å². The van der Waals surface area contributed by atoms with Gasteiger partial charge in [-0.3, -0.25) is 4.79 Å². The molecule has 1 aromatic rings. The van der Waals surface area contributed by atoms with Gasteiger partial charge in [-0.2, -0.15) is 0 Å². The lowest BCUT2D eigenvalue weighted by Gasteiger charge is -2.22. The number of H-pyrrole nitrogens is 1. The number of nitrogens with zero attached hydrogens (tertiary/aromatic N) is 1. The molecular formula is C12H21N3O2. The van der Waals surface area contributed by atoms with Crippen LogP contribution in [0.4, 0.5) is 0 Å². The van der Waals surface area contributed by atoms with Crippen LogP contribution in [0.15, 0.2) is 10.9 Å². The molecule has 0 unspecified atom stereocenters. The van der Waals surface area contributed by atoms with Gasteiger partial charge in [-0.05, 0) is 13.8 Å². The highest BCUT2D eigenvalue weighted by Crippen LogP contribution is 2.18. The SMILES string of the molecule is COC(C)(C)c1nc(CNC(C)C)cc(=O)[nH]1. The summed E-state index contributed by atoms with van der Waals surface area (Å²) in [5.41, 5.74) is -0.0178. The van der Waals surface area contributed by atoms with Crippen molar-refractivity contribution in [3.8, 4) is 0 Å². The maximum atomic E-state index is 11.5. The Morgan fingerprint density at radius 1 is 1.53 bits per heavy atom. The van der Waals surface area contributed by atoms with Crippen molar-refractivity contribution >= 4 is 0 Å². The summed E-state index contributed by atoms with van der Waals surface area (Å²) in [6.45, 7) is 8.41. The minimum absolute atomic E-state index is 0.152. The molecule has 0 fully saturated rings. The zero-order valence-electron chi connectivity index (χ0n) is 11.1. The van der Waals surface area contributed by atoms with Crippen LogP contribution in [-0.4, -0.2) is 23.1 Å². The second kappa shape index (κ2) is 5.42. The van der Waals surface area contributed by atoms with Crippen LogP contribution in [0.1, 0.15) is 39.2 Å². The van der Waals surface area contributed by atoms with Crippen molar-refractivity contribution in [1.29, 1.82) is 0 Å². The van der Waals surface area contributed by atoms with Crippen LogP contribution in [0.25, 0.3) is 0 Å². The lowest BCUT2D eigenvalue weighted by atomic mass is 10.1. The minimum Gasteiger partial charge on any atom is -0.371 e. The first-order chi connectivity index (χ1) is 7.85. The van der Waals surface area contributed by atoms with Gasteiger partial charge in [0.15, 0.2) is 0 Å². The molecule has 96 valence electrons. The maximum absolute atomic E-state index is 11.5. The van der Waals surface area contributed by atoms with E-state index in [0.717, 1.165) is 5.69 Å². The Bertz CT molecular complexity index is 424. The molecule has 0 amide bonds. The molecule has 2 N–H and O–H groups in total. The van der Waals surface area contributed by atoms with E-state index < -0.39 is 5.60 Å². The minimum atomic E-state index is -0.590. The van der Waals surface area contributed by atoms with Gasteiger partial charge in [-0.25, -0.2) is 4.98 Å². The van der Waals surface area contributed by atoms with Crippen molar-refractivity contribution in [1.82, 2.24) is 15.3 Å². The standard InChI is InChI=1S/C12H21N3O2/c1-8(2)13-7-9-6-10(16)15-11(14-9)12(3,4)17-5/h6,8,13H,7H2,1-5H3,(H,14,15,16). The van der Waals surface area contributed by atoms with Gasteiger partial charge < -0.3 is 15.0 Å². The van der Waals surface area contributed by atoms with E-state index in [-0.39, 0.29) is 5.56 Å². The van der Waals surface area contributed by atoms with E-state index in [1.807, 2.05) is 27.7 Å². The molecule has 0 bridgehead atoms. The number of hydrogen-bond acceptors (Lipinski definition) is 4. The summed E-state index contributed by atoms with van der Waals surface area (Å²) >= 11 is 0. The molecule has 1 heterocycles. The number of hydrogen-bond donors (Lipinski definition) is 2.